The van der Waals surface area contributed by atoms with Gasteiger partial charge in [-0.3, -0.25) is 10.1 Å². The van der Waals surface area contributed by atoms with Gasteiger partial charge in [0.2, 0.25) is 5.95 Å². The van der Waals surface area contributed by atoms with Gasteiger partial charge in [-0.15, -0.1) is 10.2 Å². The summed E-state index contributed by atoms with van der Waals surface area (Å²) in [6.45, 7) is 0.262. The highest BCUT2D eigenvalue weighted by atomic mass is 79.9. The molecule has 0 radical (unpaired) electrons. The average Bonchev–Trinajstić information content (AvgIpc) is 3.14. The number of aromatic amines is 1. The van der Waals surface area contributed by atoms with Crippen LogP contribution in [0.1, 0.15) is 16.1 Å². The van der Waals surface area contributed by atoms with Crippen molar-refractivity contribution >= 4 is 33.6 Å². The molecule has 3 aromatic rings. The molecule has 1 aromatic carbocycles. The lowest BCUT2D eigenvalue weighted by Gasteiger charge is -2.01. The van der Waals surface area contributed by atoms with E-state index in [0.717, 1.165) is 0 Å². The Kier molecular flexibility index (Phi) is 4.52. The van der Waals surface area contributed by atoms with E-state index in [0.29, 0.717) is 5.56 Å². The second-order valence-corrected chi connectivity index (χ2v) is 5.63. The molecule has 0 aliphatic rings. The molecule has 2 heterocycles. The Morgan fingerprint density at radius 2 is 2.28 bits per heavy atom. The van der Waals surface area contributed by atoms with Crippen LogP contribution in [0.2, 0.25) is 0 Å². The Morgan fingerprint density at radius 1 is 1.48 bits per heavy atom. The van der Waals surface area contributed by atoms with Crippen LogP contribution < -0.4 is 5.32 Å². The summed E-state index contributed by atoms with van der Waals surface area (Å²) in [6, 6.07) is 5.99. The van der Waals surface area contributed by atoms with Crippen LogP contribution in [0.25, 0.3) is 0 Å². The number of rotatable bonds is 5. The second kappa shape index (κ2) is 6.76. The molecule has 0 saturated heterocycles. The summed E-state index contributed by atoms with van der Waals surface area (Å²) < 4.78 is 14.5. The van der Waals surface area contributed by atoms with Crippen molar-refractivity contribution in [3.63, 3.8) is 0 Å². The predicted molar refractivity (Wildman–Crippen MR) is 86.4 cm³/mol. The van der Waals surface area contributed by atoms with Crippen LogP contribution in [0.4, 0.5) is 16.2 Å². The quantitative estimate of drug-likeness (QED) is 0.489. The molecule has 0 unspecified atom stereocenters. The largest absolute Gasteiger partial charge is 0.358 e. The van der Waals surface area contributed by atoms with E-state index in [4.69, 9.17) is 0 Å². The molecule has 0 aliphatic carbocycles. The first-order valence-corrected chi connectivity index (χ1v) is 7.57. The molecule has 10 nitrogen and oxygen atoms in total. The van der Waals surface area contributed by atoms with Gasteiger partial charge in [0.15, 0.2) is 5.69 Å². The van der Waals surface area contributed by atoms with Crippen molar-refractivity contribution < 1.29 is 14.1 Å². The van der Waals surface area contributed by atoms with Crippen LogP contribution in [0.5, 0.6) is 0 Å². The molecule has 128 valence electrons. The number of H-pyrrole nitrogens is 1. The van der Waals surface area contributed by atoms with E-state index in [-0.39, 0.29) is 28.5 Å². The minimum atomic E-state index is -0.722. The highest BCUT2D eigenvalue weighted by Crippen LogP contribution is 2.25. The fraction of sp³-hybridized carbons (Fsp3) is 0.0769. The maximum atomic E-state index is 13.2. The molecular formula is C13H9BrFN7O3. The van der Waals surface area contributed by atoms with Crippen molar-refractivity contribution in [1.29, 1.82) is 0 Å². The molecule has 2 aromatic heterocycles. The number of hydrogen-bond donors (Lipinski definition) is 2. The summed E-state index contributed by atoms with van der Waals surface area (Å²) >= 11 is 2.94. The number of nitrogens with zero attached hydrogens (tertiary/aromatic N) is 5. The van der Waals surface area contributed by atoms with Crippen molar-refractivity contribution in [3.8, 4) is 0 Å². The highest BCUT2D eigenvalue weighted by molar-refractivity contribution is 9.10. The normalized spacial score (nSPS) is 10.6. The maximum absolute atomic E-state index is 13.2. The Hall–Kier alpha value is -3.15. The average molecular weight is 410 g/mol. The Labute approximate surface area is 147 Å². The van der Waals surface area contributed by atoms with Crippen molar-refractivity contribution in [2.45, 2.75) is 6.54 Å². The van der Waals surface area contributed by atoms with Gasteiger partial charge in [0.1, 0.15) is 16.6 Å². The van der Waals surface area contributed by atoms with Crippen LogP contribution in [0.15, 0.2) is 35.1 Å². The molecule has 12 heteroatoms. The molecular weight excluding hydrogens is 401 g/mol. The van der Waals surface area contributed by atoms with Crippen molar-refractivity contribution in [2.75, 3.05) is 5.32 Å². The van der Waals surface area contributed by atoms with E-state index in [1.54, 1.807) is 12.1 Å². The minimum absolute atomic E-state index is 0.0149. The first-order valence-electron chi connectivity index (χ1n) is 6.77. The van der Waals surface area contributed by atoms with Gasteiger partial charge in [0.25, 0.3) is 5.91 Å². The summed E-state index contributed by atoms with van der Waals surface area (Å²) in [7, 11) is 0. The van der Waals surface area contributed by atoms with E-state index < -0.39 is 16.6 Å². The number of nitro groups is 1. The third-order valence-corrected chi connectivity index (χ3v) is 3.83. The van der Waals surface area contributed by atoms with Gasteiger partial charge in [-0.25, -0.2) is 14.1 Å². The number of hydrogen-bond acceptors (Lipinski definition) is 6. The summed E-state index contributed by atoms with van der Waals surface area (Å²) in [5, 5.41) is 22.9. The smallest absolute Gasteiger partial charge is 0.357 e. The number of carbonyl (C=O) groups is 1. The first kappa shape index (κ1) is 16.7. The molecule has 0 bridgehead atoms. The molecule has 0 spiro atoms. The second-order valence-electron chi connectivity index (χ2n) is 4.84. The molecule has 0 fully saturated rings. The van der Waals surface area contributed by atoms with Crippen molar-refractivity contribution in [3.05, 3.63) is 62.3 Å². The number of nitrogens with one attached hydrogen (secondary N) is 2. The Morgan fingerprint density at radius 3 is 2.96 bits per heavy atom. The first-order chi connectivity index (χ1) is 11.9. The highest BCUT2D eigenvalue weighted by Gasteiger charge is 2.25. The zero-order valence-electron chi connectivity index (χ0n) is 12.3. The van der Waals surface area contributed by atoms with Crippen LogP contribution in [0.3, 0.4) is 0 Å². The summed E-state index contributed by atoms with van der Waals surface area (Å²) in [4.78, 5) is 26.0. The lowest BCUT2D eigenvalue weighted by atomic mass is 10.2. The van der Waals surface area contributed by atoms with Gasteiger partial charge in [-0.05, 0) is 38.5 Å². The number of anilines is 1. The number of halogens is 2. The molecule has 25 heavy (non-hydrogen) atoms. The van der Waals surface area contributed by atoms with Crippen molar-refractivity contribution in [2.24, 2.45) is 0 Å². The zero-order valence-corrected chi connectivity index (χ0v) is 13.9. The van der Waals surface area contributed by atoms with E-state index in [1.807, 2.05) is 0 Å². The molecule has 0 saturated carbocycles. The Bertz CT molecular complexity index is 955. The van der Waals surface area contributed by atoms with E-state index in [2.05, 4.69) is 41.5 Å². The van der Waals surface area contributed by atoms with Gasteiger partial charge < -0.3 is 10.1 Å². The van der Waals surface area contributed by atoms with Gasteiger partial charge in [0, 0.05) is 0 Å². The molecule has 1 amide bonds. The summed E-state index contributed by atoms with van der Waals surface area (Å²) in [5.74, 6) is -1.54. The third-order valence-electron chi connectivity index (χ3n) is 3.08. The fourth-order valence-corrected chi connectivity index (χ4v) is 2.50. The topological polar surface area (TPSA) is 132 Å². The van der Waals surface area contributed by atoms with Crippen LogP contribution in [-0.4, -0.2) is 35.8 Å². The minimum Gasteiger partial charge on any atom is -0.358 e. The van der Waals surface area contributed by atoms with E-state index in [9.17, 15) is 19.3 Å². The van der Waals surface area contributed by atoms with Gasteiger partial charge in [-0.1, -0.05) is 17.2 Å². The molecule has 3 rings (SSSR count). The number of amides is 1. The lowest BCUT2D eigenvalue weighted by Crippen LogP contribution is -2.14. The maximum Gasteiger partial charge on any atom is 0.357 e. The number of benzene rings is 1. The third kappa shape index (κ3) is 3.68. The van der Waals surface area contributed by atoms with Gasteiger partial charge in [-0.2, -0.15) is 0 Å². The summed E-state index contributed by atoms with van der Waals surface area (Å²) in [6.07, 6.45) is 1.36. The van der Waals surface area contributed by atoms with Crippen molar-refractivity contribution in [1.82, 2.24) is 25.0 Å². The fourth-order valence-electron chi connectivity index (χ4n) is 2.00. The molecule has 0 aliphatic heterocycles. The van der Waals surface area contributed by atoms with Crippen LogP contribution >= 0.6 is 15.9 Å². The van der Waals surface area contributed by atoms with Crippen LogP contribution in [-0.2, 0) is 6.54 Å². The predicted octanol–water partition coefficient (Wildman–Crippen LogP) is 2.11. The van der Waals surface area contributed by atoms with E-state index >= 15 is 0 Å². The lowest BCUT2D eigenvalue weighted by molar-refractivity contribution is -0.390. The zero-order chi connectivity index (χ0) is 18.0. The van der Waals surface area contributed by atoms with Gasteiger partial charge >= 0.3 is 5.82 Å². The SMILES string of the molecule is O=C(Nc1ncn(Cc2cccc(F)c2)n1)c1n[nH]c([N+](=O)[O-])c1Br. The number of carbonyl (C=O) groups excluding carboxylic acids is 1. The monoisotopic (exact) mass is 409 g/mol. The standard InChI is InChI=1S/C13H9BrFN7O3/c14-9-10(18-19-11(9)22(24)25)12(23)17-13-16-6-21(20-13)5-7-2-1-3-8(15)4-7/h1-4,6H,5H2,(H,18,19)(H,17,20,23). The van der Waals surface area contributed by atoms with E-state index in [1.165, 1.54) is 23.1 Å². The summed E-state index contributed by atoms with van der Waals surface area (Å²) in [5.41, 5.74) is 0.474. The molecule has 0 atom stereocenters. The Balaban J connectivity index is 1.71. The number of aromatic nitrogens is 5. The molecule has 2 N–H and O–H groups in total. The van der Waals surface area contributed by atoms with Crippen LogP contribution in [0, 0.1) is 15.9 Å². The van der Waals surface area contributed by atoms with Gasteiger partial charge in [0.05, 0.1) is 6.54 Å².